The Morgan fingerprint density at radius 2 is 2.26 bits per heavy atom. The van der Waals surface area contributed by atoms with E-state index in [1.807, 2.05) is 5.32 Å². The number of thioether (sulfide) groups is 1. The van der Waals surface area contributed by atoms with E-state index >= 15 is 0 Å². The second-order valence-electron chi connectivity index (χ2n) is 4.30. The fourth-order valence-electron chi connectivity index (χ4n) is 2.26. The summed E-state index contributed by atoms with van der Waals surface area (Å²) in [5, 5.41) is 1.95. The van der Waals surface area contributed by atoms with Gasteiger partial charge in [0.2, 0.25) is 6.10 Å². The molecule has 1 unspecified atom stereocenters. The molecule has 1 fully saturated rings. The number of amides is 2. The number of aryl methyl sites for hydroxylation is 1. The minimum absolute atomic E-state index is 0.0491. The Labute approximate surface area is 117 Å². The highest BCUT2D eigenvalue weighted by Crippen LogP contribution is 2.42. The maximum Gasteiger partial charge on any atom is 0.415 e. The van der Waals surface area contributed by atoms with Gasteiger partial charge < -0.3 is 4.74 Å². The quantitative estimate of drug-likeness (QED) is 0.866. The number of benzene rings is 1. The summed E-state index contributed by atoms with van der Waals surface area (Å²) in [7, 11) is 0. The molecule has 3 rings (SSSR count). The number of ether oxygens (including phenoxy) is 1. The molecule has 4 nitrogen and oxygen atoms in total. The van der Waals surface area contributed by atoms with Crippen LogP contribution >= 0.6 is 23.4 Å². The number of fused-ring (bicyclic) bond motifs is 1. The highest BCUT2D eigenvalue weighted by molar-refractivity contribution is 7.99. The lowest BCUT2D eigenvalue weighted by molar-refractivity contribution is -0.123. The van der Waals surface area contributed by atoms with E-state index in [9.17, 15) is 14.0 Å². The molecule has 1 atom stereocenters. The van der Waals surface area contributed by atoms with E-state index in [-0.39, 0.29) is 10.6 Å². The van der Waals surface area contributed by atoms with Gasteiger partial charge in [-0.1, -0.05) is 11.6 Å². The van der Waals surface area contributed by atoms with Crippen LogP contribution in [0.2, 0.25) is 5.02 Å². The molecule has 1 aromatic rings. The Balaban J connectivity index is 2.16. The molecule has 1 saturated heterocycles. The third-order valence-corrected chi connectivity index (χ3v) is 4.61. The van der Waals surface area contributed by atoms with Crippen molar-refractivity contribution in [1.82, 2.24) is 5.32 Å². The number of carbonyl (C=O) groups excluding carboxylic acids is 2. The summed E-state index contributed by atoms with van der Waals surface area (Å²) in [6.45, 7) is 0. The van der Waals surface area contributed by atoms with Crippen LogP contribution in [0.5, 0.6) is 0 Å². The Kier molecular flexibility index (Phi) is 3.14. The molecule has 0 aliphatic carbocycles. The SMILES string of the molecule is O=C1NC(=O)C(c2c(F)c(Cl)cc3c2SCCC3)O1. The van der Waals surface area contributed by atoms with Crippen LogP contribution in [-0.2, 0) is 16.0 Å². The number of hydrogen-bond acceptors (Lipinski definition) is 4. The van der Waals surface area contributed by atoms with Gasteiger partial charge >= 0.3 is 6.09 Å². The van der Waals surface area contributed by atoms with Gasteiger partial charge in [0.25, 0.3) is 5.91 Å². The minimum Gasteiger partial charge on any atom is -0.431 e. The standard InChI is InChI=1S/C12H9ClFNO3S/c13-6-4-5-2-1-3-19-10(5)7(8(6)14)9-11(16)15-12(17)18-9/h4,9H,1-3H2,(H,15,16,17). The Hall–Kier alpha value is -1.27. The summed E-state index contributed by atoms with van der Waals surface area (Å²) in [6, 6.07) is 1.58. The molecule has 2 heterocycles. The zero-order chi connectivity index (χ0) is 13.6. The van der Waals surface area contributed by atoms with E-state index < -0.39 is 23.9 Å². The van der Waals surface area contributed by atoms with Crippen LogP contribution in [0.4, 0.5) is 9.18 Å². The molecule has 0 aromatic heterocycles. The monoisotopic (exact) mass is 301 g/mol. The van der Waals surface area contributed by atoms with Gasteiger partial charge in [-0.25, -0.2) is 9.18 Å². The highest BCUT2D eigenvalue weighted by atomic mass is 35.5. The maximum absolute atomic E-state index is 14.2. The van der Waals surface area contributed by atoms with Crippen molar-refractivity contribution in [3.05, 3.63) is 28.0 Å². The van der Waals surface area contributed by atoms with Gasteiger partial charge in [-0.3, -0.25) is 10.1 Å². The summed E-state index contributed by atoms with van der Waals surface area (Å²) in [5.41, 5.74) is 0.976. The lowest BCUT2D eigenvalue weighted by atomic mass is 10.0. The van der Waals surface area contributed by atoms with Crippen LogP contribution in [0.3, 0.4) is 0 Å². The minimum atomic E-state index is -1.24. The van der Waals surface area contributed by atoms with Crippen molar-refractivity contribution in [2.75, 3.05) is 5.75 Å². The van der Waals surface area contributed by atoms with Crippen molar-refractivity contribution < 1.29 is 18.7 Å². The summed E-state index contributed by atoms with van der Waals surface area (Å²) in [6.07, 6.45) is -0.359. The first-order valence-electron chi connectivity index (χ1n) is 5.73. The second kappa shape index (κ2) is 4.68. The molecule has 2 aliphatic heterocycles. The number of hydrogen-bond donors (Lipinski definition) is 1. The number of halogens is 2. The first-order valence-corrected chi connectivity index (χ1v) is 7.09. The Morgan fingerprint density at radius 3 is 2.95 bits per heavy atom. The van der Waals surface area contributed by atoms with Crippen molar-refractivity contribution in [2.45, 2.75) is 23.8 Å². The van der Waals surface area contributed by atoms with E-state index in [4.69, 9.17) is 16.3 Å². The van der Waals surface area contributed by atoms with E-state index in [1.165, 1.54) is 11.8 Å². The molecule has 2 aliphatic rings. The van der Waals surface area contributed by atoms with Crippen LogP contribution in [0.25, 0.3) is 0 Å². The Morgan fingerprint density at radius 1 is 1.47 bits per heavy atom. The first-order chi connectivity index (χ1) is 9.08. The number of carbonyl (C=O) groups is 2. The van der Waals surface area contributed by atoms with Gasteiger partial charge in [0, 0.05) is 4.90 Å². The van der Waals surface area contributed by atoms with Crippen LogP contribution in [0.1, 0.15) is 23.7 Å². The van der Waals surface area contributed by atoms with Crippen LogP contribution < -0.4 is 5.32 Å². The predicted molar refractivity (Wildman–Crippen MR) is 67.8 cm³/mol. The fraction of sp³-hybridized carbons (Fsp3) is 0.333. The Bertz CT molecular complexity index is 593. The van der Waals surface area contributed by atoms with Gasteiger partial charge in [-0.2, -0.15) is 0 Å². The highest BCUT2D eigenvalue weighted by Gasteiger charge is 2.39. The molecule has 0 radical (unpaired) electrons. The molecule has 19 heavy (non-hydrogen) atoms. The maximum atomic E-state index is 14.2. The number of alkyl carbamates (subject to hydrolysis) is 1. The van der Waals surface area contributed by atoms with E-state index in [0.29, 0.717) is 4.90 Å². The third kappa shape index (κ3) is 2.08. The smallest absolute Gasteiger partial charge is 0.415 e. The molecular formula is C12H9ClFNO3S. The number of nitrogens with one attached hydrogen (secondary N) is 1. The zero-order valence-corrected chi connectivity index (χ0v) is 11.2. The van der Waals surface area contributed by atoms with Gasteiger partial charge in [0.1, 0.15) is 5.82 Å². The number of rotatable bonds is 1. The average Bonchev–Trinajstić information content (AvgIpc) is 2.70. The van der Waals surface area contributed by atoms with Gasteiger partial charge in [0.05, 0.1) is 10.6 Å². The lowest BCUT2D eigenvalue weighted by Crippen LogP contribution is -2.21. The molecule has 2 amide bonds. The van der Waals surface area contributed by atoms with Gasteiger partial charge in [0.15, 0.2) is 0 Å². The molecule has 7 heteroatoms. The van der Waals surface area contributed by atoms with E-state index in [2.05, 4.69) is 0 Å². The van der Waals surface area contributed by atoms with Gasteiger partial charge in [-0.15, -0.1) is 11.8 Å². The topological polar surface area (TPSA) is 55.4 Å². The molecule has 1 aromatic carbocycles. The van der Waals surface area contributed by atoms with Crippen LogP contribution in [0.15, 0.2) is 11.0 Å². The summed E-state index contributed by atoms with van der Waals surface area (Å²) < 4.78 is 19.1. The normalized spacial score (nSPS) is 21.9. The molecule has 0 spiro atoms. The largest absolute Gasteiger partial charge is 0.431 e. The van der Waals surface area contributed by atoms with Crippen LogP contribution in [-0.4, -0.2) is 17.8 Å². The summed E-state index contributed by atoms with van der Waals surface area (Å²) >= 11 is 7.32. The molecule has 1 N–H and O–H groups in total. The lowest BCUT2D eigenvalue weighted by Gasteiger charge is -2.21. The average molecular weight is 302 g/mol. The second-order valence-corrected chi connectivity index (χ2v) is 5.81. The number of cyclic esters (lactones) is 1. The first kappa shape index (κ1) is 12.7. The third-order valence-electron chi connectivity index (χ3n) is 3.07. The molecule has 100 valence electrons. The van der Waals surface area contributed by atoms with Crippen molar-refractivity contribution in [2.24, 2.45) is 0 Å². The van der Waals surface area contributed by atoms with Crippen molar-refractivity contribution in [3.63, 3.8) is 0 Å². The van der Waals surface area contributed by atoms with E-state index in [1.54, 1.807) is 6.07 Å². The fourth-order valence-corrected chi connectivity index (χ4v) is 3.68. The molecule has 0 bridgehead atoms. The predicted octanol–water partition coefficient (Wildman–Crippen LogP) is 2.82. The molecular weight excluding hydrogens is 293 g/mol. The molecule has 0 saturated carbocycles. The van der Waals surface area contributed by atoms with E-state index in [0.717, 1.165) is 24.2 Å². The van der Waals surface area contributed by atoms with Crippen LogP contribution in [0, 0.1) is 5.82 Å². The van der Waals surface area contributed by atoms with Crippen molar-refractivity contribution in [1.29, 1.82) is 0 Å². The van der Waals surface area contributed by atoms with Crippen molar-refractivity contribution in [3.8, 4) is 0 Å². The summed E-state index contributed by atoms with van der Waals surface area (Å²) in [4.78, 5) is 23.4. The zero-order valence-electron chi connectivity index (χ0n) is 9.66. The van der Waals surface area contributed by atoms with Crippen molar-refractivity contribution >= 4 is 35.4 Å². The van der Waals surface area contributed by atoms with Gasteiger partial charge in [-0.05, 0) is 30.2 Å². The number of imide groups is 1. The summed E-state index contributed by atoms with van der Waals surface area (Å²) in [5.74, 6) is -0.507.